The van der Waals surface area contributed by atoms with E-state index >= 15 is 0 Å². The van der Waals surface area contributed by atoms with E-state index in [1.807, 2.05) is 31.2 Å². The van der Waals surface area contributed by atoms with Crippen LogP contribution < -0.4 is 16.2 Å². The van der Waals surface area contributed by atoms with Crippen LogP contribution in [0, 0.1) is 6.92 Å². The van der Waals surface area contributed by atoms with Crippen molar-refractivity contribution in [1.82, 2.24) is 4.98 Å². The number of nitrogens with one attached hydrogen (secondary N) is 1. The van der Waals surface area contributed by atoms with Gasteiger partial charge in [-0.15, -0.1) is 0 Å². The van der Waals surface area contributed by atoms with Crippen LogP contribution in [0.1, 0.15) is 5.56 Å². The number of anilines is 1. The Morgan fingerprint density at radius 2 is 1.95 bits per heavy atom. The Bertz CT molecular complexity index is 785. The van der Waals surface area contributed by atoms with Gasteiger partial charge in [-0.2, -0.15) is 0 Å². The van der Waals surface area contributed by atoms with Crippen molar-refractivity contribution in [2.75, 3.05) is 5.73 Å². The highest BCUT2D eigenvalue weighted by atomic mass is 16.5. The minimum atomic E-state index is -0.512. The molecular formula is C14H12N2O3. The third-order valence-corrected chi connectivity index (χ3v) is 2.80. The van der Waals surface area contributed by atoms with Gasteiger partial charge in [0.2, 0.25) is 0 Å². The van der Waals surface area contributed by atoms with Gasteiger partial charge in [0.05, 0.1) is 11.2 Å². The molecule has 2 aromatic carbocycles. The lowest BCUT2D eigenvalue weighted by Gasteiger charge is -2.08. The largest absolute Gasteiger partial charge is 0.455 e. The number of nitrogen functional groups attached to an aromatic ring is 1. The Morgan fingerprint density at radius 3 is 2.68 bits per heavy atom. The summed E-state index contributed by atoms with van der Waals surface area (Å²) in [5.74, 6) is 0.651. The first-order valence-electron chi connectivity index (χ1n) is 5.79. The van der Waals surface area contributed by atoms with Crippen LogP contribution in [0.2, 0.25) is 0 Å². The number of hydrogen-bond acceptors (Lipinski definition) is 4. The molecule has 0 bridgehead atoms. The number of H-pyrrole nitrogens is 1. The summed E-state index contributed by atoms with van der Waals surface area (Å²) >= 11 is 0. The van der Waals surface area contributed by atoms with Crippen LogP contribution in [0.3, 0.4) is 0 Å². The van der Waals surface area contributed by atoms with Crippen LogP contribution in [0.4, 0.5) is 5.69 Å². The van der Waals surface area contributed by atoms with Gasteiger partial charge in [-0.3, -0.25) is 4.98 Å². The second-order valence-electron chi connectivity index (χ2n) is 4.32. The zero-order valence-corrected chi connectivity index (χ0v) is 10.3. The molecule has 0 aliphatic carbocycles. The molecular weight excluding hydrogens is 244 g/mol. The van der Waals surface area contributed by atoms with Crippen LogP contribution in [0.15, 0.2) is 45.6 Å². The van der Waals surface area contributed by atoms with Crippen LogP contribution in [-0.4, -0.2) is 4.98 Å². The SMILES string of the molecule is Cc1ccc(Oc2cc3[nH]c(=O)oc3cc2N)cc1. The molecule has 0 amide bonds. The van der Waals surface area contributed by atoms with E-state index < -0.39 is 5.76 Å². The van der Waals surface area contributed by atoms with E-state index in [4.69, 9.17) is 14.9 Å². The second kappa shape index (κ2) is 4.20. The summed E-state index contributed by atoms with van der Waals surface area (Å²) in [6, 6.07) is 10.8. The quantitative estimate of drug-likeness (QED) is 0.691. The molecule has 0 aliphatic rings. The Balaban J connectivity index is 2.02. The maximum Gasteiger partial charge on any atom is 0.417 e. The van der Waals surface area contributed by atoms with Crippen molar-refractivity contribution >= 4 is 16.8 Å². The highest BCUT2D eigenvalue weighted by Gasteiger charge is 2.08. The van der Waals surface area contributed by atoms with Gasteiger partial charge in [0, 0.05) is 12.1 Å². The van der Waals surface area contributed by atoms with E-state index in [0.717, 1.165) is 5.56 Å². The first kappa shape index (κ1) is 11.4. The molecule has 1 aromatic heterocycles. The first-order chi connectivity index (χ1) is 9.11. The first-order valence-corrected chi connectivity index (χ1v) is 5.79. The minimum Gasteiger partial charge on any atom is -0.455 e. The third kappa shape index (κ3) is 2.18. The lowest BCUT2D eigenvalue weighted by Crippen LogP contribution is -1.93. The number of benzene rings is 2. The molecule has 96 valence electrons. The molecule has 3 N–H and O–H groups in total. The predicted octanol–water partition coefficient (Wildman–Crippen LogP) is 2.80. The molecule has 1 heterocycles. The van der Waals surface area contributed by atoms with Gasteiger partial charge in [0.1, 0.15) is 5.75 Å². The van der Waals surface area contributed by atoms with E-state index in [-0.39, 0.29) is 0 Å². The van der Waals surface area contributed by atoms with Crippen molar-refractivity contribution < 1.29 is 9.15 Å². The van der Waals surface area contributed by atoms with E-state index in [0.29, 0.717) is 28.3 Å². The van der Waals surface area contributed by atoms with Crippen LogP contribution in [-0.2, 0) is 0 Å². The summed E-state index contributed by atoms with van der Waals surface area (Å²) in [5, 5.41) is 0. The Morgan fingerprint density at radius 1 is 1.21 bits per heavy atom. The molecule has 0 saturated heterocycles. The maximum absolute atomic E-state index is 11.1. The number of fused-ring (bicyclic) bond motifs is 1. The van der Waals surface area contributed by atoms with Gasteiger partial charge in [0.15, 0.2) is 11.3 Å². The molecule has 5 heteroatoms. The zero-order valence-electron chi connectivity index (χ0n) is 10.3. The molecule has 0 saturated carbocycles. The fourth-order valence-electron chi connectivity index (χ4n) is 1.81. The average Bonchev–Trinajstić information content (AvgIpc) is 2.72. The highest BCUT2D eigenvalue weighted by Crippen LogP contribution is 2.30. The molecule has 0 aliphatic heterocycles. The molecule has 0 fully saturated rings. The Kier molecular flexibility index (Phi) is 2.52. The monoisotopic (exact) mass is 256 g/mol. The fourth-order valence-corrected chi connectivity index (χ4v) is 1.81. The lowest BCUT2D eigenvalue weighted by atomic mass is 10.2. The normalized spacial score (nSPS) is 10.8. The summed E-state index contributed by atoms with van der Waals surface area (Å²) in [6.45, 7) is 2.00. The molecule has 3 rings (SSSR count). The summed E-state index contributed by atoms with van der Waals surface area (Å²) in [7, 11) is 0. The average molecular weight is 256 g/mol. The van der Waals surface area contributed by atoms with E-state index in [1.165, 1.54) is 0 Å². The molecule has 19 heavy (non-hydrogen) atoms. The summed E-state index contributed by atoms with van der Waals surface area (Å²) in [6.07, 6.45) is 0. The van der Waals surface area contributed by atoms with Gasteiger partial charge in [0.25, 0.3) is 0 Å². The van der Waals surface area contributed by atoms with Gasteiger partial charge in [-0.05, 0) is 19.1 Å². The Labute approximate surface area is 108 Å². The minimum absolute atomic E-state index is 0.413. The lowest BCUT2D eigenvalue weighted by molar-refractivity contribution is 0.485. The van der Waals surface area contributed by atoms with Gasteiger partial charge >= 0.3 is 5.76 Å². The zero-order chi connectivity index (χ0) is 13.4. The number of ether oxygens (including phenoxy) is 1. The number of rotatable bonds is 2. The van der Waals surface area contributed by atoms with Crippen LogP contribution >= 0.6 is 0 Å². The number of oxazole rings is 1. The third-order valence-electron chi connectivity index (χ3n) is 2.80. The van der Waals surface area contributed by atoms with Crippen molar-refractivity contribution in [2.45, 2.75) is 6.92 Å². The number of aromatic amines is 1. The molecule has 3 aromatic rings. The standard InChI is InChI=1S/C14H12N2O3/c1-8-2-4-9(5-3-8)18-12-7-11-13(6-10(12)15)19-14(17)16-11/h2-7H,15H2,1H3,(H,16,17). The van der Waals surface area contributed by atoms with Gasteiger partial charge in [-0.1, -0.05) is 17.7 Å². The molecule has 0 radical (unpaired) electrons. The van der Waals surface area contributed by atoms with Crippen molar-refractivity contribution in [2.24, 2.45) is 0 Å². The van der Waals surface area contributed by atoms with Crippen molar-refractivity contribution in [3.63, 3.8) is 0 Å². The topological polar surface area (TPSA) is 81.2 Å². The molecule has 5 nitrogen and oxygen atoms in total. The maximum atomic E-state index is 11.1. The summed E-state index contributed by atoms with van der Waals surface area (Å²) in [4.78, 5) is 13.7. The number of aromatic nitrogens is 1. The highest BCUT2D eigenvalue weighted by molar-refractivity contribution is 5.80. The van der Waals surface area contributed by atoms with Crippen molar-refractivity contribution in [1.29, 1.82) is 0 Å². The molecule has 0 unspecified atom stereocenters. The number of aryl methyl sites for hydroxylation is 1. The van der Waals surface area contributed by atoms with E-state index in [9.17, 15) is 4.79 Å². The predicted molar refractivity (Wildman–Crippen MR) is 72.5 cm³/mol. The number of nitrogens with two attached hydrogens (primary N) is 1. The van der Waals surface area contributed by atoms with Crippen molar-refractivity contribution in [3.05, 3.63) is 52.5 Å². The van der Waals surface area contributed by atoms with Gasteiger partial charge in [-0.25, -0.2) is 4.79 Å². The molecule has 0 atom stereocenters. The summed E-state index contributed by atoms with van der Waals surface area (Å²) < 4.78 is 10.6. The van der Waals surface area contributed by atoms with Crippen LogP contribution in [0.5, 0.6) is 11.5 Å². The fraction of sp³-hybridized carbons (Fsp3) is 0.0714. The van der Waals surface area contributed by atoms with Crippen molar-refractivity contribution in [3.8, 4) is 11.5 Å². The van der Waals surface area contributed by atoms with Crippen LogP contribution in [0.25, 0.3) is 11.1 Å². The summed E-state index contributed by atoms with van der Waals surface area (Å²) in [5.41, 5.74) is 8.41. The smallest absolute Gasteiger partial charge is 0.417 e. The van der Waals surface area contributed by atoms with Gasteiger partial charge < -0.3 is 14.9 Å². The number of hydrogen-bond donors (Lipinski definition) is 2. The Hall–Kier alpha value is -2.69. The molecule has 0 spiro atoms. The van der Waals surface area contributed by atoms with E-state index in [1.54, 1.807) is 12.1 Å². The van der Waals surface area contributed by atoms with E-state index in [2.05, 4.69) is 4.98 Å². The second-order valence-corrected chi connectivity index (χ2v) is 4.32.